The molecule has 0 saturated carbocycles. The van der Waals surface area contributed by atoms with Gasteiger partial charge in [0.2, 0.25) is 5.54 Å². The van der Waals surface area contributed by atoms with Crippen LogP contribution in [0.4, 0.5) is 0 Å². The second-order valence-corrected chi connectivity index (χ2v) is 7.65. The summed E-state index contributed by atoms with van der Waals surface area (Å²) in [5, 5.41) is 0. The first-order valence-corrected chi connectivity index (χ1v) is 8.70. The number of nitrogens with zero attached hydrogens (tertiary/aromatic N) is 1. The molecule has 2 atom stereocenters. The van der Waals surface area contributed by atoms with Crippen LogP contribution in [0.15, 0.2) is 42.6 Å². The van der Waals surface area contributed by atoms with Crippen LogP contribution in [0.2, 0.25) is 0 Å². The summed E-state index contributed by atoms with van der Waals surface area (Å²) in [7, 11) is 0. The highest BCUT2D eigenvalue weighted by molar-refractivity contribution is 6.15. The molecule has 1 fully saturated rings. The Morgan fingerprint density at radius 2 is 2.00 bits per heavy atom. The molecule has 2 aliphatic heterocycles. The van der Waals surface area contributed by atoms with Gasteiger partial charge < -0.3 is 14.4 Å². The molecule has 0 amide bonds. The molecule has 0 radical (unpaired) electrons. The number of carbonyl (C=O) groups excluding carboxylic acids is 2. The van der Waals surface area contributed by atoms with Crippen LogP contribution >= 0.6 is 0 Å². The topological polar surface area (TPSA) is 55.8 Å². The number of ketones is 1. The van der Waals surface area contributed by atoms with E-state index in [-0.39, 0.29) is 11.9 Å². The molecule has 3 rings (SSSR count). The molecule has 1 aromatic carbocycles. The molecule has 2 aliphatic rings. The van der Waals surface area contributed by atoms with Crippen LogP contribution in [0, 0.1) is 0 Å². The zero-order valence-corrected chi connectivity index (χ0v) is 15.0. The third-order valence-electron chi connectivity index (χ3n) is 4.60. The fourth-order valence-corrected chi connectivity index (χ4v) is 3.34. The monoisotopic (exact) mass is 343 g/mol. The normalized spacial score (nSPS) is 25.8. The Labute approximate surface area is 148 Å². The first kappa shape index (κ1) is 17.7. The number of rotatable bonds is 4. The number of hydrogen-bond donors (Lipinski definition) is 0. The second-order valence-electron chi connectivity index (χ2n) is 7.65. The van der Waals surface area contributed by atoms with Crippen molar-refractivity contribution in [1.82, 2.24) is 4.90 Å². The van der Waals surface area contributed by atoms with E-state index in [0.29, 0.717) is 26.0 Å². The Morgan fingerprint density at radius 1 is 1.28 bits per heavy atom. The molecule has 1 aromatic rings. The third-order valence-corrected chi connectivity index (χ3v) is 4.60. The Morgan fingerprint density at radius 3 is 2.68 bits per heavy atom. The highest BCUT2D eigenvalue weighted by Gasteiger charge is 2.56. The van der Waals surface area contributed by atoms with Gasteiger partial charge in [-0.3, -0.25) is 4.79 Å². The van der Waals surface area contributed by atoms with Crippen LogP contribution in [0.1, 0.15) is 39.2 Å². The smallest absolute Gasteiger partial charge is 0.340 e. The maximum atomic E-state index is 12.7. The van der Waals surface area contributed by atoms with E-state index in [0.717, 1.165) is 5.56 Å². The molecule has 134 valence electrons. The van der Waals surface area contributed by atoms with E-state index in [2.05, 4.69) is 0 Å². The van der Waals surface area contributed by atoms with Gasteiger partial charge in [-0.25, -0.2) is 4.79 Å². The van der Waals surface area contributed by atoms with Crippen LogP contribution in [0.3, 0.4) is 0 Å². The zero-order valence-electron chi connectivity index (χ0n) is 15.0. The van der Waals surface area contributed by atoms with Crippen molar-refractivity contribution in [2.75, 3.05) is 6.54 Å². The number of piperidine rings is 1. The average molecular weight is 343 g/mol. The number of hydrogen-bond acceptors (Lipinski definition) is 5. The van der Waals surface area contributed by atoms with Crippen molar-refractivity contribution in [1.29, 1.82) is 0 Å². The van der Waals surface area contributed by atoms with Crippen molar-refractivity contribution < 1.29 is 19.1 Å². The lowest BCUT2D eigenvalue weighted by Gasteiger charge is -2.43. The predicted molar refractivity (Wildman–Crippen MR) is 93.7 cm³/mol. The van der Waals surface area contributed by atoms with Gasteiger partial charge in [0.15, 0.2) is 5.78 Å². The van der Waals surface area contributed by atoms with Gasteiger partial charge in [0.05, 0.1) is 12.7 Å². The van der Waals surface area contributed by atoms with E-state index < -0.39 is 17.1 Å². The Hall–Kier alpha value is -2.14. The van der Waals surface area contributed by atoms with Crippen molar-refractivity contribution in [3.63, 3.8) is 0 Å². The van der Waals surface area contributed by atoms with Gasteiger partial charge in [-0.05, 0) is 39.2 Å². The number of benzene rings is 1. The first-order chi connectivity index (χ1) is 11.8. The number of fused-ring (bicyclic) bond motifs is 1. The Kier molecular flexibility index (Phi) is 4.69. The van der Waals surface area contributed by atoms with Crippen LogP contribution in [-0.2, 0) is 25.7 Å². The molecule has 0 unspecified atom stereocenters. The molecule has 2 heterocycles. The molecule has 1 saturated heterocycles. The molecule has 0 aromatic heterocycles. The van der Waals surface area contributed by atoms with E-state index in [4.69, 9.17) is 9.47 Å². The quantitative estimate of drug-likeness (QED) is 0.621. The van der Waals surface area contributed by atoms with Crippen LogP contribution in [0.25, 0.3) is 0 Å². The Balaban J connectivity index is 1.67. The number of esters is 1. The minimum absolute atomic E-state index is 0.0219. The molecular formula is C20H25NO4. The van der Waals surface area contributed by atoms with Gasteiger partial charge in [0.1, 0.15) is 5.60 Å². The van der Waals surface area contributed by atoms with Crippen molar-refractivity contribution in [3.8, 4) is 0 Å². The molecule has 25 heavy (non-hydrogen) atoms. The summed E-state index contributed by atoms with van der Waals surface area (Å²) in [4.78, 5) is 27.0. The van der Waals surface area contributed by atoms with E-state index in [1.54, 1.807) is 11.1 Å². The largest absolute Gasteiger partial charge is 0.458 e. The third kappa shape index (κ3) is 3.61. The summed E-state index contributed by atoms with van der Waals surface area (Å²) in [6.45, 7) is 6.47. The lowest BCUT2D eigenvalue weighted by atomic mass is 9.84. The van der Waals surface area contributed by atoms with Gasteiger partial charge in [-0.1, -0.05) is 30.3 Å². The SMILES string of the molecule is CC(C)(C)OC(=O)[C@]12CC[C@@H](OCc3ccccc3)CN1C=CC2=O. The van der Waals surface area contributed by atoms with Gasteiger partial charge >= 0.3 is 5.97 Å². The van der Waals surface area contributed by atoms with E-state index in [9.17, 15) is 9.59 Å². The average Bonchev–Trinajstić information content (AvgIpc) is 2.90. The molecule has 5 heteroatoms. The molecular weight excluding hydrogens is 318 g/mol. The highest BCUT2D eigenvalue weighted by atomic mass is 16.6. The van der Waals surface area contributed by atoms with Gasteiger partial charge in [-0.2, -0.15) is 0 Å². The van der Waals surface area contributed by atoms with Gasteiger partial charge in [-0.15, -0.1) is 0 Å². The summed E-state index contributed by atoms with van der Waals surface area (Å²) in [6, 6.07) is 9.98. The fraction of sp³-hybridized carbons (Fsp3) is 0.500. The molecule has 0 spiro atoms. The molecule has 0 N–H and O–H groups in total. The van der Waals surface area contributed by atoms with Gasteiger partial charge in [0, 0.05) is 18.8 Å². The minimum atomic E-state index is -1.21. The summed E-state index contributed by atoms with van der Waals surface area (Å²) >= 11 is 0. The summed E-state index contributed by atoms with van der Waals surface area (Å²) in [5.74, 6) is -0.653. The first-order valence-electron chi connectivity index (χ1n) is 8.70. The Bertz CT molecular complexity index is 677. The van der Waals surface area contributed by atoms with Crippen molar-refractivity contribution >= 4 is 11.8 Å². The maximum Gasteiger partial charge on any atom is 0.340 e. The van der Waals surface area contributed by atoms with E-state index >= 15 is 0 Å². The molecule has 5 nitrogen and oxygen atoms in total. The standard InChI is InChI=1S/C20H25NO4/c1-19(2,3)25-18(23)20-11-9-16(13-21(20)12-10-17(20)22)24-14-15-7-5-4-6-8-15/h4-8,10,12,16H,9,11,13-14H2,1-3H3/t16-,20-/m1/s1. The lowest BCUT2D eigenvalue weighted by molar-refractivity contribution is -0.174. The summed E-state index contributed by atoms with van der Waals surface area (Å²) in [6.07, 6.45) is 4.21. The molecule has 0 aliphatic carbocycles. The van der Waals surface area contributed by atoms with E-state index in [1.165, 1.54) is 6.08 Å². The maximum absolute atomic E-state index is 12.7. The second kappa shape index (κ2) is 6.64. The number of ether oxygens (including phenoxy) is 2. The van der Waals surface area contributed by atoms with Crippen LogP contribution in [-0.4, -0.2) is 40.4 Å². The van der Waals surface area contributed by atoms with Crippen molar-refractivity contribution in [2.24, 2.45) is 0 Å². The van der Waals surface area contributed by atoms with Crippen LogP contribution < -0.4 is 0 Å². The van der Waals surface area contributed by atoms with Crippen molar-refractivity contribution in [2.45, 2.75) is 57.5 Å². The number of carbonyl (C=O) groups is 2. The minimum Gasteiger partial charge on any atom is -0.458 e. The van der Waals surface area contributed by atoms with Crippen molar-refractivity contribution in [3.05, 3.63) is 48.2 Å². The lowest BCUT2D eigenvalue weighted by Crippen LogP contribution is -2.61. The zero-order chi connectivity index (χ0) is 18.1. The predicted octanol–water partition coefficient (Wildman–Crippen LogP) is 2.84. The molecule has 0 bridgehead atoms. The van der Waals surface area contributed by atoms with Crippen LogP contribution in [0.5, 0.6) is 0 Å². The summed E-state index contributed by atoms with van der Waals surface area (Å²) in [5.41, 5.74) is -0.722. The van der Waals surface area contributed by atoms with E-state index in [1.807, 2.05) is 51.1 Å². The van der Waals surface area contributed by atoms with Gasteiger partial charge in [0.25, 0.3) is 0 Å². The summed E-state index contributed by atoms with van der Waals surface area (Å²) < 4.78 is 11.5. The highest BCUT2D eigenvalue weighted by Crippen LogP contribution is 2.37. The fourth-order valence-electron chi connectivity index (χ4n) is 3.34.